The molecule has 0 saturated carbocycles. The number of rotatable bonds is 6. The first-order valence-corrected chi connectivity index (χ1v) is 6.51. The molecule has 0 radical (unpaired) electrons. The number of carbonyl (C=O) groups excluding carboxylic acids is 1. The van der Waals surface area contributed by atoms with Gasteiger partial charge in [0.1, 0.15) is 0 Å². The third-order valence-corrected chi connectivity index (χ3v) is 3.46. The maximum absolute atomic E-state index is 10.9. The van der Waals surface area contributed by atoms with Crippen LogP contribution >= 0.6 is 0 Å². The van der Waals surface area contributed by atoms with Gasteiger partial charge in [0.05, 0.1) is 7.11 Å². The number of hydrogen-bond acceptors (Lipinski definition) is 3. The van der Waals surface area contributed by atoms with Crippen LogP contribution in [0.15, 0.2) is 0 Å². The van der Waals surface area contributed by atoms with Crippen molar-refractivity contribution in [2.75, 3.05) is 26.7 Å². The van der Waals surface area contributed by atoms with Crippen LogP contribution < -0.4 is 0 Å². The van der Waals surface area contributed by atoms with Gasteiger partial charge in [-0.3, -0.25) is 4.79 Å². The lowest BCUT2D eigenvalue weighted by Gasteiger charge is -2.30. The molecule has 0 spiro atoms. The fraction of sp³-hybridized carbons (Fsp3) is 0.923. The highest BCUT2D eigenvalue weighted by Gasteiger charge is 2.14. The molecule has 0 aromatic rings. The van der Waals surface area contributed by atoms with Crippen LogP contribution in [0.3, 0.4) is 0 Å². The van der Waals surface area contributed by atoms with Gasteiger partial charge in [0.2, 0.25) is 0 Å². The first kappa shape index (κ1) is 13.5. The van der Waals surface area contributed by atoms with Gasteiger partial charge >= 0.3 is 5.97 Å². The van der Waals surface area contributed by atoms with Gasteiger partial charge in [-0.05, 0) is 51.2 Å². The Morgan fingerprint density at radius 3 is 2.56 bits per heavy atom. The molecule has 0 atom stereocenters. The molecule has 0 N–H and O–H groups in total. The molecule has 3 nitrogen and oxygen atoms in total. The average molecular weight is 227 g/mol. The van der Waals surface area contributed by atoms with Gasteiger partial charge < -0.3 is 9.64 Å². The lowest BCUT2D eigenvalue weighted by Crippen LogP contribution is -2.33. The van der Waals surface area contributed by atoms with Crippen molar-refractivity contribution in [1.82, 2.24) is 4.90 Å². The topological polar surface area (TPSA) is 29.5 Å². The molecule has 0 amide bonds. The van der Waals surface area contributed by atoms with Crippen molar-refractivity contribution >= 4 is 5.97 Å². The molecule has 0 aromatic carbocycles. The third kappa shape index (κ3) is 5.50. The van der Waals surface area contributed by atoms with Gasteiger partial charge in [0.15, 0.2) is 0 Å². The minimum absolute atomic E-state index is 0.0770. The van der Waals surface area contributed by atoms with Crippen molar-refractivity contribution in [3.63, 3.8) is 0 Å². The largest absolute Gasteiger partial charge is 0.469 e. The lowest BCUT2D eigenvalue weighted by molar-refractivity contribution is -0.140. The molecule has 1 fully saturated rings. The van der Waals surface area contributed by atoms with E-state index in [4.69, 9.17) is 0 Å². The van der Waals surface area contributed by atoms with E-state index in [9.17, 15) is 4.79 Å². The second-order valence-corrected chi connectivity index (χ2v) is 4.91. The standard InChI is InChI=1S/C13H25NO2/c1-12-7-10-14(11-8-12)9-5-3-4-6-13(15)16-2/h12H,3-11H2,1-2H3. The van der Waals surface area contributed by atoms with Crippen LogP contribution in [0.25, 0.3) is 0 Å². The highest BCUT2D eigenvalue weighted by Crippen LogP contribution is 2.16. The molecule has 16 heavy (non-hydrogen) atoms. The number of nitrogens with zero attached hydrogens (tertiary/aromatic N) is 1. The zero-order valence-electron chi connectivity index (χ0n) is 10.7. The van der Waals surface area contributed by atoms with E-state index in [0.29, 0.717) is 6.42 Å². The van der Waals surface area contributed by atoms with Gasteiger partial charge in [0, 0.05) is 6.42 Å². The summed E-state index contributed by atoms with van der Waals surface area (Å²) in [4.78, 5) is 13.4. The number of carbonyl (C=O) groups is 1. The van der Waals surface area contributed by atoms with E-state index in [0.717, 1.165) is 18.8 Å². The molecule has 1 saturated heterocycles. The van der Waals surface area contributed by atoms with Crippen LogP contribution in [0.2, 0.25) is 0 Å². The molecule has 1 heterocycles. The minimum Gasteiger partial charge on any atom is -0.469 e. The van der Waals surface area contributed by atoms with Gasteiger partial charge in [-0.2, -0.15) is 0 Å². The fourth-order valence-electron chi connectivity index (χ4n) is 2.17. The summed E-state index contributed by atoms with van der Waals surface area (Å²) in [5.74, 6) is 0.836. The number of piperidine rings is 1. The van der Waals surface area contributed by atoms with E-state index in [2.05, 4.69) is 16.6 Å². The fourth-order valence-corrected chi connectivity index (χ4v) is 2.17. The Morgan fingerprint density at radius 2 is 1.94 bits per heavy atom. The van der Waals surface area contributed by atoms with Crippen LogP contribution in [0, 0.1) is 5.92 Å². The normalized spacial score (nSPS) is 18.6. The van der Waals surface area contributed by atoms with Crippen molar-refractivity contribution in [1.29, 1.82) is 0 Å². The molecule has 3 heteroatoms. The van der Waals surface area contributed by atoms with Crippen LogP contribution in [0.1, 0.15) is 45.4 Å². The molecule has 94 valence electrons. The molecule has 1 aliphatic rings. The number of esters is 1. The van der Waals surface area contributed by atoms with Gasteiger partial charge in [-0.15, -0.1) is 0 Å². The number of methoxy groups -OCH3 is 1. The second kappa shape index (κ2) is 7.66. The van der Waals surface area contributed by atoms with Crippen molar-refractivity contribution in [3.8, 4) is 0 Å². The number of ether oxygens (including phenoxy) is 1. The van der Waals surface area contributed by atoms with Crippen molar-refractivity contribution < 1.29 is 9.53 Å². The highest BCUT2D eigenvalue weighted by molar-refractivity contribution is 5.68. The number of unbranched alkanes of at least 4 members (excludes halogenated alkanes) is 2. The Kier molecular flexibility index (Phi) is 6.46. The van der Waals surface area contributed by atoms with E-state index in [1.165, 1.54) is 46.0 Å². The summed E-state index contributed by atoms with van der Waals surface area (Å²) in [6.07, 6.45) is 6.60. The molecule has 0 bridgehead atoms. The quantitative estimate of drug-likeness (QED) is 0.515. The number of likely N-dealkylation sites (tertiary alicyclic amines) is 1. The van der Waals surface area contributed by atoms with E-state index in [1.807, 2.05) is 0 Å². The zero-order chi connectivity index (χ0) is 11.8. The van der Waals surface area contributed by atoms with E-state index < -0.39 is 0 Å². The Hall–Kier alpha value is -0.570. The molecular formula is C13H25NO2. The molecule has 1 rings (SSSR count). The third-order valence-electron chi connectivity index (χ3n) is 3.46. The monoisotopic (exact) mass is 227 g/mol. The molecule has 0 aliphatic carbocycles. The van der Waals surface area contributed by atoms with Crippen LogP contribution in [-0.4, -0.2) is 37.6 Å². The summed E-state index contributed by atoms with van der Waals surface area (Å²) in [5, 5.41) is 0. The first-order valence-electron chi connectivity index (χ1n) is 6.51. The summed E-state index contributed by atoms with van der Waals surface area (Å²) in [5.41, 5.74) is 0. The smallest absolute Gasteiger partial charge is 0.305 e. The Morgan fingerprint density at radius 1 is 1.25 bits per heavy atom. The lowest BCUT2D eigenvalue weighted by atomic mass is 9.99. The predicted molar refractivity (Wildman–Crippen MR) is 65.3 cm³/mol. The van der Waals surface area contributed by atoms with Gasteiger partial charge in [-0.1, -0.05) is 13.3 Å². The minimum atomic E-state index is -0.0770. The molecule has 1 aliphatic heterocycles. The molecule has 0 unspecified atom stereocenters. The van der Waals surface area contributed by atoms with Gasteiger partial charge in [-0.25, -0.2) is 0 Å². The maximum Gasteiger partial charge on any atom is 0.305 e. The van der Waals surface area contributed by atoms with Crippen LogP contribution in [0.5, 0.6) is 0 Å². The summed E-state index contributed by atoms with van der Waals surface area (Å²) in [7, 11) is 1.46. The van der Waals surface area contributed by atoms with E-state index in [-0.39, 0.29) is 5.97 Å². The van der Waals surface area contributed by atoms with Crippen molar-refractivity contribution in [2.45, 2.75) is 45.4 Å². The maximum atomic E-state index is 10.9. The van der Waals surface area contributed by atoms with E-state index >= 15 is 0 Å². The summed E-state index contributed by atoms with van der Waals surface area (Å²) < 4.78 is 4.61. The highest BCUT2D eigenvalue weighted by atomic mass is 16.5. The summed E-state index contributed by atoms with van der Waals surface area (Å²) in [6.45, 7) is 6.07. The Bertz CT molecular complexity index is 198. The van der Waals surface area contributed by atoms with Crippen LogP contribution in [-0.2, 0) is 9.53 Å². The average Bonchev–Trinajstić information content (AvgIpc) is 2.31. The summed E-state index contributed by atoms with van der Waals surface area (Å²) >= 11 is 0. The van der Waals surface area contributed by atoms with Crippen molar-refractivity contribution in [3.05, 3.63) is 0 Å². The second-order valence-electron chi connectivity index (χ2n) is 4.91. The first-order chi connectivity index (χ1) is 7.72. The SMILES string of the molecule is COC(=O)CCCCCN1CCC(C)CC1. The predicted octanol–water partition coefficient (Wildman–Crippen LogP) is 2.45. The Balaban J connectivity index is 1.93. The summed E-state index contributed by atoms with van der Waals surface area (Å²) in [6, 6.07) is 0. The Labute approximate surface area is 99.1 Å². The van der Waals surface area contributed by atoms with Gasteiger partial charge in [0.25, 0.3) is 0 Å². The van der Waals surface area contributed by atoms with Crippen molar-refractivity contribution in [2.24, 2.45) is 5.92 Å². The zero-order valence-corrected chi connectivity index (χ0v) is 10.7. The van der Waals surface area contributed by atoms with Crippen LogP contribution in [0.4, 0.5) is 0 Å². The number of hydrogen-bond donors (Lipinski definition) is 0. The van der Waals surface area contributed by atoms with E-state index in [1.54, 1.807) is 0 Å². The molecule has 0 aromatic heterocycles. The molecular weight excluding hydrogens is 202 g/mol.